The Hall–Kier alpha value is -2.04. The third-order valence-corrected chi connectivity index (χ3v) is 1.97. The molecule has 0 saturated carbocycles. The number of benzene rings is 1. The lowest BCUT2D eigenvalue weighted by Crippen LogP contribution is -2.02. The summed E-state index contributed by atoms with van der Waals surface area (Å²) >= 11 is 0. The number of nitrogen functional groups attached to an aromatic ring is 1. The first-order valence-electron chi connectivity index (χ1n) is 4.83. The predicted molar refractivity (Wildman–Crippen MR) is 59.9 cm³/mol. The highest BCUT2D eigenvalue weighted by molar-refractivity contribution is 5.41. The molecular weight excluding hydrogens is 190 g/mol. The van der Waals surface area contributed by atoms with Crippen molar-refractivity contribution in [2.75, 3.05) is 17.6 Å². The first-order valence-corrected chi connectivity index (χ1v) is 4.83. The van der Waals surface area contributed by atoms with Gasteiger partial charge in [-0.25, -0.2) is 0 Å². The number of rotatable bonds is 3. The van der Waals surface area contributed by atoms with Gasteiger partial charge in [0.25, 0.3) is 0 Å². The number of nitrogens with one attached hydrogen (secondary N) is 1. The molecule has 1 aromatic heterocycles. The van der Waals surface area contributed by atoms with Gasteiger partial charge < -0.3 is 11.1 Å². The normalized spacial score (nSPS) is 10.2. The molecule has 0 saturated heterocycles. The molecule has 5 nitrogen and oxygen atoms in total. The summed E-state index contributed by atoms with van der Waals surface area (Å²) in [5.41, 5.74) is 6.66. The quantitative estimate of drug-likeness (QED) is 0.788. The van der Waals surface area contributed by atoms with Gasteiger partial charge in [-0.2, -0.15) is 9.67 Å². The number of hydrogen-bond donors (Lipinski definition) is 2. The Morgan fingerprint density at radius 1 is 1.33 bits per heavy atom. The molecule has 78 valence electrons. The number of anilines is 2. The lowest BCUT2D eigenvalue weighted by Gasteiger charge is -2.00. The molecule has 3 N–H and O–H groups in total. The van der Waals surface area contributed by atoms with Crippen LogP contribution in [-0.2, 0) is 0 Å². The maximum absolute atomic E-state index is 5.75. The number of para-hydroxylation sites is 1. The smallest absolute Gasteiger partial charge is 0.244 e. The van der Waals surface area contributed by atoms with Crippen LogP contribution in [0.3, 0.4) is 0 Å². The van der Waals surface area contributed by atoms with Gasteiger partial charge in [-0.15, -0.1) is 5.10 Å². The van der Waals surface area contributed by atoms with Crippen molar-refractivity contribution in [1.82, 2.24) is 14.8 Å². The van der Waals surface area contributed by atoms with Gasteiger partial charge >= 0.3 is 0 Å². The Labute approximate surface area is 87.9 Å². The van der Waals surface area contributed by atoms with Gasteiger partial charge in [-0.3, -0.25) is 0 Å². The topological polar surface area (TPSA) is 68.8 Å². The summed E-state index contributed by atoms with van der Waals surface area (Å²) in [6.07, 6.45) is 0. The van der Waals surface area contributed by atoms with Gasteiger partial charge in [0.15, 0.2) is 0 Å². The van der Waals surface area contributed by atoms with E-state index in [2.05, 4.69) is 15.4 Å². The highest BCUT2D eigenvalue weighted by atomic mass is 15.4. The van der Waals surface area contributed by atoms with Gasteiger partial charge in [0, 0.05) is 6.54 Å². The highest BCUT2D eigenvalue weighted by Gasteiger charge is 2.06. The molecular formula is C10H13N5. The zero-order chi connectivity index (χ0) is 10.7. The fourth-order valence-corrected chi connectivity index (χ4v) is 1.32. The van der Waals surface area contributed by atoms with Crippen molar-refractivity contribution in [3.63, 3.8) is 0 Å². The molecule has 0 unspecified atom stereocenters. The fraction of sp³-hybridized carbons (Fsp3) is 0.200. The minimum atomic E-state index is 0.386. The maximum atomic E-state index is 5.75. The first-order chi connectivity index (χ1) is 7.31. The second kappa shape index (κ2) is 4.00. The largest absolute Gasteiger partial charge is 0.368 e. The molecule has 0 aliphatic carbocycles. The van der Waals surface area contributed by atoms with Crippen LogP contribution < -0.4 is 11.1 Å². The Kier molecular flexibility index (Phi) is 2.53. The molecule has 2 rings (SSSR count). The van der Waals surface area contributed by atoms with E-state index in [-0.39, 0.29) is 0 Å². The van der Waals surface area contributed by atoms with Crippen molar-refractivity contribution < 1.29 is 0 Å². The van der Waals surface area contributed by atoms with Crippen LogP contribution in [0.5, 0.6) is 0 Å². The molecule has 0 spiro atoms. The lowest BCUT2D eigenvalue weighted by atomic mass is 10.3. The van der Waals surface area contributed by atoms with Gasteiger partial charge in [0.2, 0.25) is 11.9 Å². The maximum Gasteiger partial charge on any atom is 0.244 e. The van der Waals surface area contributed by atoms with E-state index in [1.807, 2.05) is 37.3 Å². The Morgan fingerprint density at radius 3 is 2.73 bits per heavy atom. The summed E-state index contributed by atoms with van der Waals surface area (Å²) in [6, 6.07) is 9.68. The average molecular weight is 203 g/mol. The summed E-state index contributed by atoms with van der Waals surface area (Å²) in [7, 11) is 0. The van der Waals surface area contributed by atoms with Crippen LogP contribution >= 0.6 is 0 Å². The molecule has 2 aromatic rings. The van der Waals surface area contributed by atoms with E-state index in [4.69, 9.17) is 5.73 Å². The minimum Gasteiger partial charge on any atom is -0.368 e. The molecule has 15 heavy (non-hydrogen) atoms. The third kappa shape index (κ3) is 1.90. The Bertz CT molecular complexity index is 434. The monoisotopic (exact) mass is 203 g/mol. The van der Waals surface area contributed by atoms with Crippen molar-refractivity contribution >= 4 is 11.9 Å². The molecule has 0 amide bonds. The third-order valence-electron chi connectivity index (χ3n) is 1.97. The van der Waals surface area contributed by atoms with Crippen LogP contribution in [0, 0.1) is 0 Å². The van der Waals surface area contributed by atoms with Gasteiger partial charge in [0.1, 0.15) is 0 Å². The second-order valence-corrected chi connectivity index (χ2v) is 3.07. The van der Waals surface area contributed by atoms with Crippen molar-refractivity contribution in [3.05, 3.63) is 30.3 Å². The van der Waals surface area contributed by atoms with E-state index in [1.165, 1.54) is 0 Å². The summed E-state index contributed by atoms with van der Waals surface area (Å²) in [5.74, 6) is 0.941. The average Bonchev–Trinajstić information content (AvgIpc) is 2.61. The van der Waals surface area contributed by atoms with E-state index in [1.54, 1.807) is 4.68 Å². The van der Waals surface area contributed by atoms with Crippen LogP contribution in [0.1, 0.15) is 6.92 Å². The SMILES string of the molecule is CCNc1nc(N)n(-c2ccccc2)n1. The predicted octanol–water partition coefficient (Wildman–Crippen LogP) is 1.28. The van der Waals surface area contributed by atoms with E-state index >= 15 is 0 Å². The Balaban J connectivity index is 2.36. The molecule has 0 bridgehead atoms. The summed E-state index contributed by atoms with van der Waals surface area (Å²) in [6.45, 7) is 2.76. The van der Waals surface area contributed by atoms with Gasteiger partial charge in [0.05, 0.1) is 5.69 Å². The lowest BCUT2D eigenvalue weighted by molar-refractivity contribution is 0.889. The number of nitrogens with zero attached hydrogens (tertiary/aromatic N) is 3. The minimum absolute atomic E-state index is 0.386. The van der Waals surface area contributed by atoms with Gasteiger partial charge in [-0.1, -0.05) is 18.2 Å². The molecule has 5 heteroatoms. The summed E-state index contributed by atoms with van der Waals surface area (Å²) < 4.78 is 1.61. The molecule has 1 heterocycles. The number of nitrogens with two attached hydrogens (primary N) is 1. The number of aromatic nitrogens is 3. The summed E-state index contributed by atoms with van der Waals surface area (Å²) in [5, 5.41) is 7.25. The standard InChI is InChI=1S/C10H13N5/c1-2-12-10-13-9(11)15(14-10)8-6-4-3-5-7-8/h3-7H,2H2,1H3,(H3,11,12,13,14). The summed E-state index contributed by atoms with van der Waals surface area (Å²) in [4.78, 5) is 4.10. The zero-order valence-corrected chi connectivity index (χ0v) is 8.51. The molecule has 0 radical (unpaired) electrons. The van der Waals surface area contributed by atoms with Crippen molar-refractivity contribution in [2.45, 2.75) is 6.92 Å². The van der Waals surface area contributed by atoms with E-state index in [0.717, 1.165) is 12.2 Å². The zero-order valence-electron chi connectivity index (χ0n) is 8.51. The highest BCUT2D eigenvalue weighted by Crippen LogP contribution is 2.12. The van der Waals surface area contributed by atoms with Crippen LogP contribution in [0.2, 0.25) is 0 Å². The molecule has 0 atom stereocenters. The van der Waals surface area contributed by atoms with E-state index < -0.39 is 0 Å². The van der Waals surface area contributed by atoms with Crippen molar-refractivity contribution in [1.29, 1.82) is 0 Å². The molecule has 0 aliphatic rings. The molecule has 0 fully saturated rings. The molecule has 1 aromatic carbocycles. The first kappa shape index (κ1) is 9.51. The van der Waals surface area contributed by atoms with Gasteiger partial charge in [-0.05, 0) is 19.1 Å². The van der Waals surface area contributed by atoms with E-state index in [0.29, 0.717) is 11.9 Å². The second-order valence-electron chi connectivity index (χ2n) is 3.07. The fourth-order valence-electron chi connectivity index (χ4n) is 1.32. The molecule has 0 aliphatic heterocycles. The van der Waals surface area contributed by atoms with Crippen LogP contribution in [-0.4, -0.2) is 21.3 Å². The van der Waals surface area contributed by atoms with Crippen LogP contribution in [0.4, 0.5) is 11.9 Å². The van der Waals surface area contributed by atoms with Crippen molar-refractivity contribution in [3.8, 4) is 5.69 Å². The van der Waals surface area contributed by atoms with E-state index in [9.17, 15) is 0 Å². The van der Waals surface area contributed by atoms with Crippen LogP contribution in [0.15, 0.2) is 30.3 Å². The Morgan fingerprint density at radius 2 is 2.07 bits per heavy atom. The number of hydrogen-bond acceptors (Lipinski definition) is 4. The van der Waals surface area contributed by atoms with Crippen LogP contribution in [0.25, 0.3) is 5.69 Å². The van der Waals surface area contributed by atoms with Crippen molar-refractivity contribution in [2.24, 2.45) is 0 Å².